The maximum absolute atomic E-state index is 6.04. The van der Waals surface area contributed by atoms with Gasteiger partial charge in [-0.3, -0.25) is 0 Å². The lowest BCUT2D eigenvalue weighted by Gasteiger charge is -2.34. The molecule has 1 aromatic heterocycles. The molecule has 2 rings (SSSR count). The molecule has 1 unspecified atom stereocenters. The van der Waals surface area contributed by atoms with E-state index in [1.54, 1.807) is 0 Å². The molecular weight excluding hydrogens is 254 g/mol. The lowest BCUT2D eigenvalue weighted by Crippen LogP contribution is -2.40. The average Bonchev–Trinajstić information content (AvgIpc) is 2.77. The van der Waals surface area contributed by atoms with Crippen LogP contribution in [0.5, 0.6) is 0 Å². The standard InChI is InChI=1S/C12H20ClN3S/c1-12(2,3)10-14-11(17-15-10)16-7-5-4-6-9(16)8-13/h9H,4-8H2,1-3H3. The molecule has 1 aliphatic rings. The highest BCUT2D eigenvalue weighted by molar-refractivity contribution is 7.09. The van der Waals surface area contributed by atoms with E-state index in [0.717, 1.165) is 17.5 Å². The van der Waals surface area contributed by atoms with E-state index in [2.05, 4.69) is 35.0 Å². The lowest BCUT2D eigenvalue weighted by atomic mass is 9.96. The minimum absolute atomic E-state index is 0.0288. The van der Waals surface area contributed by atoms with Gasteiger partial charge in [0.25, 0.3) is 0 Å². The van der Waals surface area contributed by atoms with Crippen LogP contribution in [-0.2, 0) is 5.41 Å². The third-order valence-corrected chi connectivity index (χ3v) is 4.25. The van der Waals surface area contributed by atoms with Crippen molar-refractivity contribution in [2.75, 3.05) is 17.3 Å². The van der Waals surface area contributed by atoms with Crippen molar-refractivity contribution in [3.63, 3.8) is 0 Å². The van der Waals surface area contributed by atoms with E-state index < -0.39 is 0 Å². The molecule has 96 valence electrons. The molecule has 1 fully saturated rings. The van der Waals surface area contributed by atoms with Gasteiger partial charge in [-0.15, -0.1) is 11.6 Å². The van der Waals surface area contributed by atoms with Gasteiger partial charge in [0.1, 0.15) is 5.82 Å². The van der Waals surface area contributed by atoms with Crippen LogP contribution < -0.4 is 4.90 Å². The van der Waals surface area contributed by atoms with Gasteiger partial charge in [0.05, 0.1) is 0 Å². The first kappa shape index (κ1) is 13.1. The number of alkyl halides is 1. The Hall–Kier alpha value is -0.350. The fourth-order valence-corrected chi connectivity index (χ4v) is 3.33. The van der Waals surface area contributed by atoms with Crippen molar-refractivity contribution < 1.29 is 0 Å². The Morgan fingerprint density at radius 3 is 2.76 bits per heavy atom. The smallest absolute Gasteiger partial charge is 0.205 e. The minimum Gasteiger partial charge on any atom is -0.343 e. The number of nitrogens with zero attached hydrogens (tertiary/aromatic N) is 3. The highest BCUT2D eigenvalue weighted by atomic mass is 35.5. The van der Waals surface area contributed by atoms with Crippen LogP contribution in [0.1, 0.15) is 45.9 Å². The second kappa shape index (κ2) is 5.11. The topological polar surface area (TPSA) is 29.0 Å². The number of halogens is 1. The summed E-state index contributed by atoms with van der Waals surface area (Å²) in [6.07, 6.45) is 3.69. The second-order valence-electron chi connectivity index (χ2n) is 5.65. The average molecular weight is 274 g/mol. The van der Waals surface area contributed by atoms with E-state index in [1.165, 1.54) is 30.8 Å². The van der Waals surface area contributed by atoms with E-state index in [0.29, 0.717) is 11.9 Å². The van der Waals surface area contributed by atoms with Crippen molar-refractivity contribution in [2.45, 2.75) is 51.5 Å². The summed E-state index contributed by atoms with van der Waals surface area (Å²) >= 11 is 7.54. The van der Waals surface area contributed by atoms with Gasteiger partial charge < -0.3 is 4.90 Å². The summed E-state index contributed by atoms with van der Waals surface area (Å²) in [5.74, 6) is 1.63. The summed E-state index contributed by atoms with van der Waals surface area (Å²) in [5, 5.41) is 1.04. The molecule has 1 aliphatic heterocycles. The van der Waals surface area contributed by atoms with Gasteiger partial charge in [-0.2, -0.15) is 4.37 Å². The molecule has 0 spiro atoms. The van der Waals surface area contributed by atoms with Crippen molar-refractivity contribution in [1.82, 2.24) is 9.36 Å². The Labute approximate surface area is 112 Å². The molecule has 17 heavy (non-hydrogen) atoms. The molecule has 0 amide bonds. The van der Waals surface area contributed by atoms with Crippen molar-refractivity contribution in [2.24, 2.45) is 0 Å². The first-order valence-corrected chi connectivity index (χ1v) is 7.50. The van der Waals surface area contributed by atoms with Crippen LogP contribution in [0.2, 0.25) is 0 Å². The van der Waals surface area contributed by atoms with Crippen LogP contribution >= 0.6 is 23.1 Å². The van der Waals surface area contributed by atoms with E-state index >= 15 is 0 Å². The molecule has 5 heteroatoms. The predicted molar refractivity (Wildman–Crippen MR) is 74.3 cm³/mol. The Bertz CT molecular complexity index is 372. The van der Waals surface area contributed by atoms with Crippen LogP contribution in [0.25, 0.3) is 0 Å². The van der Waals surface area contributed by atoms with Gasteiger partial charge in [0.2, 0.25) is 5.13 Å². The Morgan fingerprint density at radius 1 is 1.41 bits per heavy atom. The van der Waals surface area contributed by atoms with Gasteiger partial charge in [-0.05, 0) is 19.3 Å². The third-order valence-electron chi connectivity index (χ3n) is 3.14. The molecule has 0 radical (unpaired) electrons. The minimum atomic E-state index is 0.0288. The van der Waals surface area contributed by atoms with Crippen molar-refractivity contribution in [1.29, 1.82) is 0 Å². The summed E-state index contributed by atoms with van der Waals surface area (Å²) in [6.45, 7) is 7.51. The maximum Gasteiger partial charge on any atom is 0.205 e. The largest absolute Gasteiger partial charge is 0.343 e. The lowest BCUT2D eigenvalue weighted by molar-refractivity contribution is 0.485. The highest BCUT2D eigenvalue weighted by Gasteiger charge is 2.27. The number of aromatic nitrogens is 2. The molecule has 0 saturated carbocycles. The normalized spacial score (nSPS) is 21.9. The molecule has 1 aromatic rings. The molecule has 0 N–H and O–H groups in total. The third kappa shape index (κ3) is 2.91. The molecule has 0 bridgehead atoms. The predicted octanol–water partition coefficient (Wildman–Crippen LogP) is 3.43. The zero-order valence-electron chi connectivity index (χ0n) is 10.7. The molecule has 2 heterocycles. The fourth-order valence-electron chi connectivity index (χ4n) is 2.05. The van der Waals surface area contributed by atoms with Gasteiger partial charge in [-0.1, -0.05) is 20.8 Å². The van der Waals surface area contributed by atoms with Crippen molar-refractivity contribution in [3.05, 3.63) is 5.82 Å². The van der Waals surface area contributed by atoms with Gasteiger partial charge in [0, 0.05) is 35.4 Å². The fraction of sp³-hybridized carbons (Fsp3) is 0.833. The second-order valence-corrected chi connectivity index (χ2v) is 6.69. The molecule has 3 nitrogen and oxygen atoms in total. The number of hydrogen-bond donors (Lipinski definition) is 0. The number of piperidine rings is 1. The molecule has 0 aromatic carbocycles. The van der Waals surface area contributed by atoms with Crippen LogP contribution in [-0.4, -0.2) is 27.8 Å². The summed E-state index contributed by atoms with van der Waals surface area (Å²) in [6, 6.07) is 0.436. The van der Waals surface area contributed by atoms with Gasteiger partial charge in [-0.25, -0.2) is 4.98 Å². The van der Waals surface area contributed by atoms with Crippen LogP contribution in [0.4, 0.5) is 5.13 Å². The van der Waals surface area contributed by atoms with Crippen LogP contribution in [0.15, 0.2) is 0 Å². The maximum atomic E-state index is 6.04. The van der Waals surface area contributed by atoms with Crippen molar-refractivity contribution >= 4 is 28.3 Å². The van der Waals surface area contributed by atoms with Gasteiger partial charge >= 0.3 is 0 Å². The van der Waals surface area contributed by atoms with E-state index in [1.807, 2.05) is 0 Å². The summed E-state index contributed by atoms with van der Waals surface area (Å²) < 4.78 is 4.48. The quantitative estimate of drug-likeness (QED) is 0.773. The highest BCUT2D eigenvalue weighted by Crippen LogP contribution is 2.30. The molecule has 1 saturated heterocycles. The number of rotatable bonds is 2. The van der Waals surface area contributed by atoms with E-state index in [-0.39, 0.29) is 5.41 Å². The Kier molecular flexibility index (Phi) is 3.93. The summed E-state index contributed by atoms with van der Waals surface area (Å²) in [5.41, 5.74) is 0.0288. The molecule has 0 aliphatic carbocycles. The molecular formula is C12H20ClN3S. The number of anilines is 1. The van der Waals surface area contributed by atoms with E-state index in [4.69, 9.17) is 11.6 Å². The monoisotopic (exact) mass is 273 g/mol. The first-order chi connectivity index (χ1) is 8.02. The summed E-state index contributed by atoms with van der Waals surface area (Å²) in [4.78, 5) is 7.01. The molecule has 1 atom stereocenters. The zero-order chi connectivity index (χ0) is 12.5. The van der Waals surface area contributed by atoms with Crippen molar-refractivity contribution in [3.8, 4) is 0 Å². The zero-order valence-corrected chi connectivity index (χ0v) is 12.3. The Morgan fingerprint density at radius 2 is 2.18 bits per heavy atom. The Balaban J connectivity index is 2.18. The van der Waals surface area contributed by atoms with E-state index in [9.17, 15) is 0 Å². The van der Waals surface area contributed by atoms with Crippen LogP contribution in [0.3, 0.4) is 0 Å². The number of hydrogen-bond acceptors (Lipinski definition) is 4. The van der Waals surface area contributed by atoms with Gasteiger partial charge in [0.15, 0.2) is 0 Å². The first-order valence-electron chi connectivity index (χ1n) is 6.19. The summed E-state index contributed by atoms with van der Waals surface area (Å²) in [7, 11) is 0. The SMILES string of the molecule is CC(C)(C)c1nsc(N2CCCCC2CCl)n1. The van der Waals surface area contributed by atoms with Crippen LogP contribution in [0, 0.1) is 0 Å².